The third kappa shape index (κ3) is 6.79. The highest BCUT2D eigenvalue weighted by Gasteiger charge is 2.14. The van der Waals surface area contributed by atoms with E-state index in [1.54, 1.807) is 6.07 Å². The minimum absolute atomic E-state index is 0. The number of halogens is 1. The lowest BCUT2D eigenvalue weighted by Gasteiger charge is -2.10. The molecule has 0 aliphatic carbocycles. The SMILES string of the molecule is CN1CCc2ccc(C(=O)O)cc2CC1.CN1CCc2ccc(C(N)=O)cc2CC1.Cl. The molecule has 0 aromatic heterocycles. The number of carboxylic acid groups (broad SMARTS) is 1. The highest BCUT2D eigenvalue weighted by Crippen LogP contribution is 2.18. The Bertz CT molecular complexity index is 857. The second-order valence-electron chi connectivity index (χ2n) is 8.24. The molecule has 4 rings (SSSR count). The minimum atomic E-state index is -0.838. The Balaban J connectivity index is 0.000000213. The first-order valence-electron chi connectivity index (χ1n) is 10.5. The van der Waals surface area contributed by atoms with Crippen LogP contribution in [0.3, 0.4) is 0 Å². The molecule has 1 amide bonds. The molecule has 3 N–H and O–H groups in total. The minimum Gasteiger partial charge on any atom is -0.478 e. The summed E-state index contributed by atoms with van der Waals surface area (Å²) in [5.74, 6) is -1.18. The number of primary amides is 1. The fourth-order valence-electron chi connectivity index (χ4n) is 3.96. The summed E-state index contributed by atoms with van der Waals surface area (Å²) in [6.07, 6.45) is 4.04. The van der Waals surface area contributed by atoms with E-state index in [0.29, 0.717) is 11.1 Å². The molecule has 2 aliphatic rings. The number of nitrogens with zero attached hydrogens (tertiary/aromatic N) is 2. The second kappa shape index (κ2) is 11.3. The Morgan fingerprint density at radius 3 is 1.55 bits per heavy atom. The van der Waals surface area contributed by atoms with Gasteiger partial charge < -0.3 is 20.6 Å². The summed E-state index contributed by atoms with van der Waals surface area (Å²) in [6, 6.07) is 11.3. The Hall–Kier alpha value is -2.41. The van der Waals surface area contributed by atoms with Crippen LogP contribution in [0.15, 0.2) is 36.4 Å². The van der Waals surface area contributed by atoms with Gasteiger partial charge in [0.15, 0.2) is 0 Å². The third-order valence-electron chi connectivity index (χ3n) is 6.00. The van der Waals surface area contributed by atoms with Gasteiger partial charge >= 0.3 is 5.97 Å². The molecule has 168 valence electrons. The predicted octanol–water partition coefficient (Wildman–Crippen LogP) is 2.65. The monoisotopic (exact) mass is 445 g/mol. The molecule has 0 bridgehead atoms. The van der Waals surface area contributed by atoms with Crippen molar-refractivity contribution >= 4 is 24.3 Å². The van der Waals surface area contributed by atoms with E-state index in [4.69, 9.17) is 10.8 Å². The quantitative estimate of drug-likeness (QED) is 0.742. The lowest BCUT2D eigenvalue weighted by Crippen LogP contribution is -2.20. The van der Waals surface area contributed by atoms with Gasteiger partial charge in [-0.25, -0.2) is 4.79 Å². The molecular formula is C24H32ClN3O3. The highest BCUT2D eigenvalue weighted by molar-refractivity contribution is 5.93. The lowest BCUT2D eigenvalue weighted by molar-refractivity contribution is 0.0696. The van der Waals surface area contributed by atoms with Crippen LogP contribution in [0.5, 0.6) is 0 Å². The van der Waals surface area contributed by atoms with E-state index in [0.717, 1.165) is 51.9 Å². The normalized spacial score (nSPS) is 16.3. The standard InChI is InChI=1S/C12H16N2O.C12H15NO2.ClH/c1-14-6-4-9-2-3-11(12(13)15)8-10(9)5-7-14;1-13-6-4-9-2-3-11(12(14)15)8-10(9)5-7-13;/h2-3,8H,4-7H2,1H3,(H2,13,15);2-3,8H,4-7H2,1H3,(H,14,15);1H. The Morgan fingerprint density at radius 2 is 1.13 bits per heavy atom. The van der Waals surface area contributed by atoms with Crippen molar-refractivity contribution in [3.63, 3.8) is 0 Å². The number of aromatic carboxylic acids is 1. The number of hydrogen-bond acceptors (Lipinski definition) is 4. The van der Waals surface area contributed by atoms with Crippen molar-refractivity contribution in [2.75, 3.05) is 40.3 Å². The summed E-state index contributed by atoms with van der Waals surface area (Å²) in [6.45, 7) is 4.20. The van der Waals surface area contributed by atoms with Gasteiger partial charge in [-0.1, -0.05) is 12.1 Å². The van der Waals surface area contributed by atoms with Gasteiger partial charge in [-0.05, 0) is 86.3 Å². The molecule has 0 saturated carbocycles. The summed E-state index contributed by atoms with van der Waals surface area (Å²) in [5.41, 5.74) is 11.4. The molecule has 2 heterocycles. The van der Waals surface area contributed by atoms with Gasteiger partial charge in [0.25, 0.3) is 0 Å². The van der Waals surface area contributed by atoms with Crippen molar-refractivity contribution in [1.82, 2.24) is 9.80 Å². The number of nitrogens with two attached hydrogens (primary N) is 1. The van der Waals surface area contributed by atoms with Crippen LogP contribution in [0.2, 0.25) is 0 Å². The molecule has 0 atom stereocenters. The zero-order chi connectivity index (χ0) is 21.7. The molecule has 0 saturated heterocycles. The van der Waals surface area contributed by atoms with E-state index in [1.165, 1.54) is 22.3 Å². The molecule has 0 unspecified atom stereocenters. The molecule has 0 spiro atoms. The van der Waals surface area contributed by atoms with E-state index in [1.807, 2.05) is 30.3 Å². The fraction of sp³-hybridized carbons (Fsp3) is 0.417. The molecule has 7 heteroatoms. The van der Waals surface area contributed by atoms with Crippen molar-refractivity contribution in [2.24, 2.45) is 5.73 Å². The zero-order valence-corrected chi connectivity index (χ0v) is 19.1. The number of rotatable bonds is 2. The number of amides is 1. The first-order chi connectivity index (χ1) is 14.3. The van der Waals surface area contributed by atoms with Gasteiger partial charge in [-0.2, -0.15) is 0 Å². The topological polar surface area (TPSA) is 86.9 Å². The lowest BCUT2D eigenvalue weighted by atomic mass is 10.00. The first kappa shape index (κ1) is 24.9. The van der Waals surface area contributed by atoms with E-state index in [2.05, 4.69) is 23.9 Å². The maximum Gasteiger partial charge on any atom is 0.335 e. The summed E-state index contributed by atoms with van der Waals surface area (Å²) < 4.78 is 0. The summed E-state index contributed by atoms with van der Waals surface area (Å²) in [7, 11) is 4.23. The Labute approximate surface area is 190 Å². The predicted molar refractivity (Wildman–Crippen MR) is 125 cm³/mol. The maximum atomic E-state index is 11.0. The largest absolute Gasteiger partial charge is 0.478 e. The first-order valence-corrected chi connectivity index (χ1v) is 10.5. The van der Waals surface area contributed by atoms with Gasteiger partial charge in [-0.15, -0.1) is 12.4 Å². The molecule has 6 nitrogen and oxygen atoms in total. The number of carbonyl (C=O) groups excluding carboxylic acids is 1. The van der Waals surface area contributed by atoms with E-state index >= 15 is 0 Å². The number of hydrogen-bond donors (Lipinski definition) is 2. The summed E-state index contributed by atoms with van der Waals surface area (Å²) in [5, 5.41) is 8.90. The van der Waals surface area contributed by atoms with Crippen molar-refractivity contribution in [1.29, 1.82) is 0 Å². The van der Waals surface area contributed by atoms with Gasteiger partial charge in [0.2, 0.25) is 5.91 Å². The zero-order valence-electron chi connectivity index (χ0n) is 18.3. The molecule has 2 aromatic carbocycles. The van der Waals surface area contributed by atoms with Crippen molar-refractivity contribution in [3.05, 3.63) is 69.8 Å². The van der Waals surface area contributed by atoms with Crippen LogP contribution >= 0.6 is 12.4 Å². The van der Waals surface area contributed by atoms with E-state index in [9.17, 15) is 9.59 Å². The fourth-order valence-corrected chi connectivity index (χ4v) is 3.96. The molecule has 0 radical (unpaired) electrons. The Morgan fingerprint density at radius 1 is 0.742 bits per heavy atom. The number of likely N-dealkylation sites (N-methyl/N-ethyl adjacent to an activating group) is 2. The molecule has 2 aromatic rings. The number of carboxylic acids is 1. The maximum absolute atomic E-state index is 11.0. The average Bonchev–Trinajstić information content (AvgIpc) is 3.03. The van der Waals surface area contributed by atoms with Crippen LogP contribution in [0.25, 0.3) is 0 Å². The van der Waals surface area contributed by atoms with Gasteiger partial charge in [0, 0.05) is 31.7 Å². The van der Waals surface area contributed by atoms with Gasteiger partial charge in [0.1, 0.15) is 0 Å². The smallest absolute Gasteiger partial charge is 0.335 e. The van der Waals surface area contributed by atoms with E-state index in [-0.39, 0.29) is 18.3 Å². The van der Waals surface area contributed by atoms with Crippen LogP contribution in [0.4, 0.5) is 0 Å². The summed E-state index contributed by atoms with van der Waals surface area (Å²) >= 11 is 0. The van der Waals surface area contributed by atoms with Gasteiger partial charge in [-0.3, -0.25) is 4.79 Å². The highest BCUT2D eigenvalue weighted by atomic mass is 35.5. The molecular weight excluding hydrogens is 414 g/mol. The van der Waals surface area contributed by atoms with Crippen LogP contribution in [-0.2, 0) is 25.7 Å². The number of carbonyl (C=O) groups is 2. The number of fused-ring (bicyclic) bond motifs is 2. The number of benzene rings is 2. The van der Waals surface area contributed by atoms with Crippen LogP contribution in [0, 0.1) is 0 Å². The van der Waals surface area contributed by atoms with Crippen molar-refractivity contribution < 1.29 is 14.7 Å². The van der Waals surface area contributed by atoms with Gasteiger partial charge in [0.05, 0.1) is 5.56 Å². The van der Waals surface area contributed by atoms with Crippen molar-refractivity contribution in [3.8, 4) is 0 Å². The van der Waals surface area contributed by atoms with Crippen LogP contribution in [0.1, 0.15) is 43.0 Å². The van der Waals surface area contributed by atoms with Crippen LogP contribution in [-0.4, -0.2) is 67.1 Å². The molecule has 2 aliphatic heterocycles. The molecule has 31 heavy (non-hydrogen) atoms. The summed E-state index contributed by atoms with van der Waals surface area (Å²) in [4.78, 5) is 26.5. The molecule has 0 fully saturated rings. The second-order valence-corrected chi connectivity index (χ2v) is 8.24. The Kier molecular flexibility index (Phi) is 9.04. The van der Waals surface area contributed by atoms with Crippen LogP contribution < -0.4 is 5.73 Å². The van der Waals surface area contributed by atoms with Crippen molar-refractivity contribution in [2.45, 2.75) is 25.7 Å². The van der Waals surface area contributed by atoms with E-state index < -0.39 is 5.97 Å². The third-order valence-corrected chi connectivity index (χ3v) is 6.00. The average molecular weight is 446 g/mol.